The number of benzene rings is 2. The second kappa shape index (κ2) is 7.63. The lowest BCUT2D eigenvalue weighted by Crippen LogP contribution is -2.35. The number of nitrogens with one attached hydrogen (secondary N) is 1. The maximum atomic E-state index is 12.5. The topological polar surface area (TPSA) is 110 Å². The second-order valence-electron chi connectivity index (χ2n) is 5.88. The van der Waals surface area contributed by atoms with Crippen molar-refractivity contribution >= 4 is 27.3 Å². The van der Waals surface area contributed by atoms with Crippen molar-refractivity contribution in [2.75, 3.05) is 18.9 Å². The minimum atomic E-state index is -4.03. The molecule has 9 heteroatoms. The summed E-state index contributed by atoms with van der Waals surface area (Å²) in [6.07, 6.45) is 0. The number of carbonyl (C=O) groups excluding carboxylic acids is 1. The highest BCUT2D eigenvalue weighted by atomic mass is 32.2. The molecular formula is C17H19N3O5S. The van der Waals surface area contributed by atoms with Gasteiger partial charge in [0, 0.05) is 24.9 Å². The van der Waals surface area contributed by atoms with E-state index in [9.17, 15) is 23.3 Å². The minimum Gasteiger partial charge on any atom is -0.325 e. The highest BCUT2D eigenvalue weighted by Gasteiger charge is 2.24. The molecule has 2 aromatic carbocycles. The number of anilines is 1. The fraction of sp³-hybridized carbons (Fsp3) is 0.235. The number of amides is 1. The number of nitrogens with zero attached hydrogens (tertiary/aromatic N) is 2. The maximum Gasteiger partial charge on any atom is 0.270 e. The molecule has 0 fully saturated rings. The standard InChI is InChI=1S/C17H19N3O5S/c1-12-7-8-13(2)16(9-12)18-17(21)11-19(3)26(24,25)15-6-4-5-14(10-15)20(22)23/h4-10H,11H2,1-3H3,(H,18,21). The Labute approximate surface area is 151 Å². The molecule has 0 aromatic heterocycles. The van der Waals surface area contributed by atoms with E-state index in [0.29, 0.717) is 5.69 Å². The number of hydrogen-bond acceptors (Lipinski definition) is 5. The quantitative estimate of drug-likeness (QED) is 0.614. The molecule has 0 bridgehead atoms. The van der Waals surface area contributed by atoms with Crippen molar-refractivity contribution in [1.29, 1.82) is 0 Å². The van der Waals surface area contributed by atoms with E-state index >= 15 is 0 Å². The number of rotatable bonds is 6. The molecular weight excluding hydrogens is 358 g/mol. The summed E-state index contributed by atoms with van der Waals surface area (Å²) in [5.74, 6) is -0.504. The molecule has 0 aliphatic heterocycles. The third-order valence-electron chi connectivity index (χ3n) is 3.77. The molecule has 0 saturated carbocycles. The summed E-state index contributed by atoms with van der Waals surface area (Å²) in [7, 11) is -2.79. The highest BCUT2D eigenvalue weighted by Crippen LogP contribution is 2.20. The molecule has 26 heavy (non-hydrogen) atoms. The molecule has 0 aliphatic carbocycles. The molecule has 138 valence electrons. The average Bonchev–Trinajstić information content (AvgIpc) is 2.58. The van der Waals surface area contributed by atoms with Crippen LogP contribution >= 0.6 is 0 Å². The van der Waals surface area contributed by atoms with Gasteiger partial charge >= 0.3 is 0 Å². The largest absolute Gasteiger partial charge is 0.325 e. The molecule has 2 rings (SSSR count). The van der Waals surface area contributed by atoms with E-state index in [4.69, 9.17) is 0 Å². The monoisotopic (exact) mass is 377 g/mol. The van der Waals surface area contributed by atoms with E-state index < -0.39 is 27.4 Å². The molecule has 0 radical (unpaired) electrons. The number of aryl methyl sites for hydroxylation is 2. The van der Waals surface area contributed by atoms with E-state index in [2.05, 4.69) is 5.32 Å². The van der Waals surface area contributed by atoms with Crippen LogP contribution in [-0.2, 0) is 14.8 Å². The van der Waals surface area contributed by atoms with Gasteiger partial charge in [0.15, 0.2) is 0 Å². The SMILES string of the molecule is Cc1ccc(C)c(NC(=O)CN(C)S(=O)(=O)c2cccc([N+](=O)[O-])c2)c1. The molecule has 8 nitrogen and oxygen atoms in total. The first-order valence-electron chi connectivity index (χ1n) is 7.69. The average molecular weight is 377 g/mol. The van der Waals surface area contributed by atoms with E-state index in [0.717, 1.165) is 21.5 Å². The van der Waals surface area contributed by atoms with Gasteiger partial charge in [0.25, 0.3) is 5.69 Å². The Morgan fingerprint density at radius 3 is 2.54 bits per heavy atom. The van der Waals surface area contributed by atoms with Crippen molar-refractivity contribution in [3.63, 3.8) is 0 Å². The van der Waals surface area contributed by atoms with Gasteiger partial charge in [-0.1, -0.05) is 18.2 Å². The van der Waals surface area contributed by atoms with Crippen molar-refractivity contribution in [3.05, 3.63) is 63.7 Å². The number of sulfonamides is 1. The smallest absolute Gasteiger partial charge is 0.270 e. The normalized spacial score (nSPS) is 11.4. The summed E-state index contributed by atoms with van der Waals surface area (Å²) in [5.41, 5.74) is 2.09. The summed E-state index contributed by atoms with van der Waals surface area (Å²) in [4.78, 5) is 22.1. The number of hydrogen-bond donors (Lipinski definition) is 1. The van der Waals surface area contributed by atoms with Gasteiger partial charge in [0.1, 0.15) is 0 Å². The molecule has 0 atom stereocenters. The molecule has 0 saturated heterocycles. The van der Waals surface area contributed by atoms with Crippen LogP contribution in [0.25, 0.3) is 0 Å². The number of carbonyl (C=O) groups is 1. The van der Waals surface area contributed by atoms with Crippen LogP contribution in [0.5, 0.6) is 0 Å². The zero-order valence-electron chi connectivity index (χ0n) is 14.6. The first-order chi connectivity index (χ1) is 12.1. The predicted octanol–water partition coefficient (Wildman–Crippen LogP) is 2.47. The molecule has 0 spiro atoms. The highest BCUT2D eigenvalue weighted by molar-refractivity contribution is 7.89. The number of likely N-dealkylation sites (N-methyl/N-ethyl adjacent to an activating group) is 1. The Morgan fingerprint density at radius 2 is 1.88 bits per heavy atom. The third-order valence-corrected chi connectivity index (χ3v) is 5.57. The van der Waals surface area contributed by atoms with Gasteiger partial charge in [0.05, 0.1) is 16.4 Å². The lowest BCUT2D eigenvalue weighted by atomic mass is 10.1. The van der Waals surface area contributed by atoms with Crippen molar-refractivity contribution in [1.82, 2.24) is 4.31 Å². The Kier molecular flexibility index (Phi) is 5.73. The fourth-order valence-corrected chi connectivity index (χ4v) is 3.45. The first-order valence-corrected chi connectivity index (χ1v) is 9.13. The number of nitro benzene ring substituents is 1. The van der Waals surface area contributed by atoms with Gasteiger partial charge in [-0.05, 0) is 37.1 Å². The van der Waals surface area contributed by atoms with Crippen molar-refractivity contribution in [3.8, 4) is 0 Å². The molecule has 1 N–H and O–H groups in total. The van der Waals surface area contributed by atoms with Crippen LogP contribution in [0.3, 0.4) is 0 Å². The van der Waals surface area contributed by atoms with Crippen LogP contribution in [0.2, 0.25) is 0 Å². The number of non-ortho nitro benzene ring substituents is 1. The summed E-state index contributed by atoms with van der Waals surface area (Å²) >= 11 is 0. The van der Waals surface area contributed by atoms with E-state index in [1.807, 2.05) is 26.0 Å². The van der Waals surface area contributed by atoms with Crippen molar-refractivity contribution < 1.29 is 18.1 Å². The fourth-order valence-electron chi connectivity index (χ4n) is 2.28. The van der Waals surface area contributed by atoms with Crippen LogP contribution in [0.1, 0.15) is 11.1 Å². The van der Waals surface area contributed by atoms with Crippen LogP contribution < -0.4 is 5.32 Å². The van der Waals surface area contributed by atoms with Crippen LogP contribution in [0, 0.1) is 24.0 Å². The van der Waals surface area contributed by atoms with E-state index in [1.54, 1.807) is 6.07 Å². The van der Waals surface area contributed by atoms with Gasteiger partial charge < -0.3 is 5.32 Å². The number of nitro groups is 1. The molecule has 0 aliphatic rings. The lowest BCUT2D eigenvalue weighted by Gasteiger charge is -2.17. The van der Waals surface area contributed by atoms with Crippen LogP contribution in [-0.4, -0.2) is 37.1 Å². The van der Waals surface area contributed by atoms with Crippen molar-refractivity contribution in [2.45, 2.75) is 18.7 Å². The summed E-state index contributed by atoms with van der Waals surface area (Å²) in [6, 6.07) is 10.3. The van der Waals surface area contributed by atoms with Crippen LogP contribution in [0.4, 0.5) is 11.4 Å². The van der Waals surface area contributed by atoms with Gasteiger partial charge in [-0.25, -0.2) is 8.42 Å². The summed E-state index contributed by atoms with van der Waals surface area (Å²) < 4.78 is 25.9. The van der Waals surface area contributed by atoms with Gasteiger partial charge in [-0.15, -0.1) is 0 Å². The van der Waals surface area contributed by atoms with E-state index in [1.165, 1.54) is 25.2 Å². The third kappa shape index (κ3) is 4.44. The van der Waals surface area contributed by atoms with Gasteiger partial charge in [-0.3, -0.25) is 14.9 Å². The Bertz CT molecular complexity index is 957. The minimum absolute atomic E-state index is 0.242. The van der Waals surface area contributed by atoms with E-state index in [-0.39, 0.29) is 10.6 Å². The van der Waals surface area contributed by atoms with Gasteiger partial charge in [-0.2, -0.15) is 4.31 Å². The first kappa shape index (κ1) is 19.5. The molecule has 0 unspecified atom stereocenters. The Balaban J connectivity index is 2.16. The van der Waals surface area contributed by atoms with Crippen molar-refractivity contribution in [2.24, 2.45) is 0 Å². The lowest BCUT2D eigenvalue weighted by molar-refractivity contribution is -0.385. The molecule has 0 heterocycles. The molecule has 1 amide bonds. The van der Waals surface area contributed by atoms with Crippen LogP contribution in [0.15, 0.2) is 47.4 Å². The molecule has 2 aromatic rings. The second-order valence-corrected chi connectivity index (χ2v) is 7.93. The predicted molar refractivity (Wildman–Crippen MR) is 97.5 cm³/mol. The zero-order valence-corrected chi connectivity index (χ0v) is 15.4. The summed E-state index contributed by atoms with van der Waals surface area (Å²) in [6.45, 7) is 3.30. The Morgan fingerprint density at radius 1 is 1.19 bits per heavy atom. The Hall–Kier alpha value is -2.78. The van der Waals surface area contributed by atoms with Gasteiger partial charge in [0.2, 0.25) is 15.9 Å². The summed E-state index contributed by atoms with van der Waals surface area (Å²) in [5, 5.41) is 13.5. The zero-order chi connectivity index (χ0) is 19.5. The maximum absolute atomic E-state index is 12.5.